The van der Waals surface area contributed by atoms with E-state index in [2.05, 4.69) is 29.0 Å². The van der Waals surface area contributed by atoms with E-state index in [0.29, 0.717) is 25.5 Å². The van der Waals surface area contributed by atoms with Crippen LogP contribution < -0.4 is 4.72 Å². The Hall–Kier alpha value is -1.64. The largest absolute Gasteiger partial charge is 0.450 e. The number of hydrogen-bond acceptors (Lipinski definition) is 5. The van der Waals surface area contributed by atoms with E-state index in [4.69, 9.17) is 9.47 Å². The van der Waals surface area contributed by atoms with E-state index in [1.807, 2.05) is 6.07 Å². The lowest BCUT2D eigenvalue weighted by Crippen LogP contribution is -2.59. The average molecular weight is 439 g/mol. The van der Waals surface area contributed by atoms with E-state index >= 15 is 0 Å². The van der Waals surface area contributed by atoms with Gasteiger partial charge in [-0.15, -0.1) is 0 Å². The van der Waals surface area contributed by atoms with Gasteiger partial charge in [0, 0.05) is 12.6 Å². The van der Waals surface area contributed by atoms with Crippen LogP contribution in [0.4, 0.5) is 4.79 Å². The highest BCUT2D eigenvalue weighted by Gasteiger charge is 2.37. The predicted molar refractivity (Wildman–Crippen MR) is 116 cm³/mol. The lowest BCUT2D eigenvalue weighted by atomic mass is 9.83. The van der Waals surface area contributed by atoms with Gasteiger partial charge in [-0.2, -0.15) is 0 Å². The van der Waals surface area contributed by atoms with Gasteiger partial charge in [-0.1, -0.05) is 30.3 Å². The summed E-state index contributed by atoms with van der Waals surface area (Å²) in [4.78, 5) is 14.1. The number of nitrogens with one attached hydrogen (secondary N) is 1. The zero-order valence-electron chi connectivity index (χ0n) is 18.0. The van der Waals surface area contributed by atoms with Crippen LogP contribution in [0.15, 0.2) is 30.3 Å². The second-order valence-corrected chi connectivity index (χ2v) is 10.1. The van der Waals surface area contributed by atoms with Crippen molar-refractivity contribution in [3.63, 3.8) is 0 Å². The molecule has 0 bridgehead atoms. The first kappa shape index (κ1) is 23.0. The number of carbonyl (C=O) groups excluding carboxylic acids is 1. The Kier molecular flexibility index (Phi) is 8.13. The highest BCUT2D eigenvalue weighted by atomic mass is 32.2. The molecule has 7 nitrogen and oxygen atoms in total. The molecule has 2 fully saturated rings. The molecule has 1 aliphatic carbocycles. The molecule has 1 aromatic carbocycles. The molecule has 1 saturated carbocycles. The summed E-state index contributed by atoms with van der Waals surface area (Å²) in [7, 11) is -3.38. The Morgan fingerprint density at radius 1 is 1.13 bits per heavy atom. The van der Waals surface area contributed by atoms with Crippen LogP contribution in [0, 0.1) is 0 Å². The van der Waals surface area contributed by atoms with Gasteiger partial charge in [-0.05, 0) is 56.9 Å². The molecule has 0 radical (unpaired) electrons. The molecule has 2 aliphatic rings. The SMILES string of the molecule is CCOC(=O)N1CCC[C@H](NS(C)(=O)=O)[C@@H]1COC1CCC(c2ccccc2)CC1. The lowest BCUT2D eigenvalue weighted by molar-refractivity contribution is -0.0261. The molecule has 30 heavy (non-hydrogen) atoms. The summed E-state index contributed by atoms with van der Waals surface area (Å²) in [6, 6.07) is 9.86. The Morgan fingerprint density at radius 3 is 2.47 bits per heavy atom. The average Bonchev–Trinajstić information content (AvgIpc) is 2.73. The Morgan fingerprint density at radius 2 is 1.83 bits per heavy atom. The summed E-state index contributed by atoms with van der Waals surface area (Å²) in [6.07, 6.45) is 6.37. The standard InChI is InChI=1S/C22H34N2O5S/c1-3-28-22(25)24-15-7-10-20(23-30(2,26)27)21(24)16-29-19-13-11-18(12-14-19)17-8-5-4-6-9-17/h4-6,8-9,18-21,23H,3,7,10-16H2,1-2H3/t18?,19?,20-,21-/m0/s1. The summed E-state index contributed by atoms with van der Waals surface area (Å²) in [5.74, 6) is 0.566. The van der Waals surface area contributed by atoms with Crippen LogP contribution in [0.2, 0.25) is 0 Å². The minimum Gasteiger partial charge on any atom is -0.450 e. The van der Waals surface area contributed by atoms with Crippen molar-refractivity contribution in [2.45, 2.75) is 69.6 Å². The van der Waals surface area contributed by atoms with Crippen LogP contribution in [-0.4, -0.2) is 63.6 Å². The molecule has 0 aromatic heterocycles. The number of sulfonamides is 1. The van der Waals surface area contributed by atoms with Crippen LogP contribution in [0.25, 0.3) is 0 Å². The maximum atomic E-state index is 12.4. The van der Waals surface area contributed by atoms with Gasteiger partial charge < -0.3 is 14.4 Å². The predicted octanol–water partition coefficient (Wildman–Crippen LogP) is 3.27. The monoisotopic (exact) mass is 438 g/mol. The second-order valence-electron chi connectivity index (χ2n) is 8.32. The molecule has 0 unspecified atom stereocenters. The zero-order valence-corrected chi connectivity index (χ0v) is 18.8. The quantitative estimate of drug-likeness (QED) is 0.706. The fourth-order valence-electron chi connectivity index (χ4n) is 4.63. The third kappa shape index (κ3) is 6.43. The number of carbonyl (C=O) groups is 1. The van der Waals surface area contributed by atoms with Gasteiger partial charge in [0.1, 0.15) is 0 Å². The van der Waals surface area contributed by atoms with E-state index in [1.165, 1.54) is 5.56 Å². The number of ether oxygens (including phenoxy) is 2. The molecule has 0 spiro atoms. The number of piperidine rings is 1. The third-order valence-electron chi connectivity index (χ3n) is 6.09. The van der Waals surface area contributed by atoms with Crippen molar-refractivity contribution in [2.75, 3.05) is 26.0 Å². The fraction of sp³-hybridized carbons (Fsp3) is 0.682. The van der Waals surface area contributed by atoms with Crippen molar-refractivity contribution < 1.29 is 22.7 Å². The van der Waals surface area contributed by atoms with E-state index in [1.54, 1.807) is 11.8 Å². The Bertz CT molecular complexity index is 778. The number of amides is 1. The molecule has 2 atom stereocenters. The number of likely N-dealkylation sites (tertiary alicyclic amines) is 1. The molecule has 168 valence electrons. The van der Waals surface area contributed by atoms with Crippen LogP contribution in [-0.2, 0) is 19.5 Å². The third-order valence-corrected chi connectivity index (χ3v) is 6.83. The van der Waals surface area contributed by atoms with Crippen LogP contribution in [0.5, 0.6) is 0 Å². The van der Waals surface area contributed by atoms with Crippen molar-refractivity contribution in [1.82, 2.24) is 9.62 Å². The first-order valence-electron chi connectivity index (χ1n) is 10.9. The Labute approximate surface area is 180 Å². The maximum Gasteiger partial charge on any atom is 0.410 e. The van der Waals surface area contributed by atoms with Gasteiger partial charge in [0.05, 0.1) is 31.6 Å². The smallest absolute Gasteiger partial charge is 0.410 e. The summed E-state index contributed by atoms with van der Waals surface area (Å²) in [5, 5.41) is 0. The minimum atomic E-state index is -3.38. The summed E-state index contributed by atoms with van der Waals surface area (Å²) in [5.41, 5.74) is 1.38. The number of benzene rings is 1. The number of nitrogens with zero attached hydrogens (tertiary/aromatic N) is 1. The summed E-state index contributed by atoms with van der Waals surface area (Å²) < 4.78 is 37.8. The fourth-order valence-corrected chi connectivity index (χ4v) is 5.46. The van der Waals surface area contributed by atoms with E-state index in [-0.39, 0.29) is 24.8 Å². The summed E-state index contributed by atoms with van der Waals surface area (Å²) in [6.45, 7) is 2.92. The van der Waals surface area contributed by atoms with Crippen molar-refractivity contribution in [2.24, 2.45) is 0 Å². The van der Waals surface area contributed by atoms with E-state index in [9.17, 15) is 13.2 Å². The van der Waals surface area contributed by atoms with Crippen LogP contribution in [0.1, 0.15) is 56.9 Å². The molecule has 8 heteroatoms. The van der Waals surface area contributed by atoms with Crippen molar-refractivity contribution in [3.8, 4) is 0 Å². The van der Waals surface area contributed by atoms with Gasteiger partial charge in [0.25, 0.3) is 0 Å². The molecular weight excluding hydrogens is 404 g/mol. The van der Waals surface area contributed by atoms with E-state index < -0.39 is 16.1 Å². The number of rotatable bonds is 7. The zero-order chi connectivity index (χ0) is 21.6. The van der Waals surface area contributed by atoms with Crippen LogP contribution >= 0.6 is 0 Å². The van der Waals surface area contributed by atoms with Crippen molar-refractivity contribution in [3.05, 3.63) is 35.9 Å². The second kappa shape index (κ2) is 10.6. The molecule has 1 aliphatic heterocycles. The lowest BCUT2D eigenvalue weighted by Gasteiger charge is -2.41. The molecule has 1 aromatic rings. The van der Waals surface area contributed by atoms with E-state index in [0.717, 1.165) is 38.4 Å². The highest BCUT2D eigenvalue weighted by Crippen LogP contribution is 2.34. The first-order chi connectivity index (χ1) is 14.4. The van der Waals surface area contributed by atoms with Gasteiger partial charge in [-0.3, -0.25) is 0 Å². The molecule has 1 amide bonds. The van der Waals surface area contributed by atoms with Gasteiger partial charge >= 0.3 is 6.09 Å². The number of hydrogen-bond donors (Lipinski definition) is 1. The normalized spacial score (nSPS) is 27.6. The highest BCUT2D eigenvalue weighted by molar-refractivity contribution is 7.88. The van der Waals surface area contributed by atoms with Crippen molar-refractivity contribution >= 4 is 16.1 Å². The Balaban J connectivity index is 1.59. The molecule has 1 heterocycles. The topological polar surface area (TPSA) is 84.9 Å². The first-order valence-corrected chi connectivity index (χ1v) is 12.8. The molecule has 1 saturated heterocycles. The van der Waals surface area contributed by atoms with Gasteiger partial charge in [0.2, 0.25) is 10.0 Å². The molecular formula is C22H34N2O5S. The van der Waals surface area contributed by atoms with Gasteiger partial charge in [0.15, 0.2) is 0 Å². The minimum absolute atomic E-state index is 0.134. The maximum absolute atomic E-state index is 12.4. The molecule has 3 rings (SSSR count). The molecule has 1 N–H and O–H groups in total. The van der Waals surface area contributed by atoms with Gasteiger partial charge in [-0.25, -0.2) is 17.9 Å². The van der Waals surface area contributed by atoms with Crippen LogP contribution in [0.3, 0.4) is 0 Å². The van der Waals surface area contributed by atoms with Crippen molar-refractivity contribution in [1.29, 1.82) is 0 Å². The summed E-state index contributed by atoms with van der Waals surface area (Å²) >= 11 is 0.